The highest BCUT2D eigenvalue weighted by Crippen LogP contribution is 2.33. The molecular weight excluding hydrogens is 476 g/mol. The van der Waals surface area contributed by atoms with Gasteiger partial charge in [0, 0.05) is 31.8 Å². The van der Waals surface area contributed by atoms with Gasteiger partial charge in [-0.3, -0.25) is 4.79 Å². The van der Waals surface area contributed by atoms with E-state index in [2.05, 4.69) is 20.0 Å². The van der Waals surface area contributed by atoms with Gasteiger partial charge in [-0.25, -0.2) is 14.4 Å². The lowest BCUT2D eigenvalue weighted by atomic mass is 10.1. The first-order valence-corrected chi connectivity index (χ1v) is 11.1. The Morgan fingerprint density at radius 2 is 1.97 bits per heavy atom. The Kier molecular flexibility index (Phi) is 6.98. The van der Waals surface area contributed by atoms with Crippen LogP contribution < -0.4 is 10.1 Å². The van der Waals surface area contributed by atoms with Crippen molar-refractivity contribution in [2.75, 3.05) is 25.7 Å². The number of alkyl halides is 4. The normalized spacial score (nSPS) is 11.9. The van der Waals surface area contributed by atoms with Crippen molar-refractivity contribution in [2.24, 2.45) is 0 Å². The summed E-state index contributed by atoms with van der Waals surface area (Å²) < 4.78 is 61.8. The Balaban J connectivity index is 1.62. The van der Waals surface area contributed by atoms with Crippen molar-refractivity contribution in [3.63, 3.8) is 0 Å². The van der Waals surface area contributed by atoms with Gasteiger partial charge in [-0.1, -0.05) is 11.3 Å². The number of carbonyl (C=O) groups is 1. The van der Waals surface area contributed by atoms with Gasteiger partial charge in [-0.2, -0.15) is 0 Å². The highest BCUT2D eigenvalue weighted by molar-refractivity contribution is 7.22. The van der Waals surface area contributed by atoms with Crippen LogP contribution in [0, 0.1) is 0 Å². The molecule has 180 valence electrons. The van der Waals surface area contributed by atoms with Crippen LogP contribution in [0.15, 0.2) is 36.4 Å². The number of thiazole rings is 1. The molecule has 0 radical (unpaired) electrons. The number of nitrogens with one attached hydrogen (secondary N) is 1. The van der Waals surface area contributed by atoms with E-state index in [1.165, 1.54) is 18.2 Å². The van der Waals surface area contributed by atoms with E-state index in [1.807, 2.05) is 0 Å². The molecule has 4 rings (SSSR count). The van der Waals surface area contributed by atoms with E-state index in [1.54, 1.807) is 29.9 Å². The first-order chi connectivity index (χ1) is 16.3. The molecular formula is C22H20F4N4O3S. The molecule has 0 saturated heterocycles. The fraction of sp³-hybridized carbons (Fsp3) is 0.318. The minimum absolute atomic E-state index is 0.0223. The van der Waals surface area contributed by atoms with Gasteiger partial charge < -0.3 is 19.4 Å². The molecule has 0 saturated carbocycles. The van der Waals surface area contributed by atoms with Gasteiger partial charge in [0.15, 0.2) is 10.9 Å². The molecule has 0 fully saturated rings. The van der Waals surface area contributed by atoms with Gasteiger partial charge in [-0.05, 0) is 36.8 Å². The third-order valence-corrected chi connectivity index (χ3v) is 5.88. The summed E-state index contributed by atoms with van der Waals surface area (Å²) in [6, 6.07) is 8.90. The molecule has 0 aliphatic carbocycles. The number of aromatic nitrogens is 3. The third kappa shape index (κ3) is 5.45. The van der Waals surface area contributed by atoms with E-state index in [4.69, 9.17) is 4.74 Å². The van der Waals surface area contributed by atoms with Crippen molar-refractivity contribution >= 4 is 49.4 Å². The fourth-order valence-corrected chi connectivity index (χ4v) is 4.37. The monoisotopic (exact) mass is 496 g/mol. The number of ketones is 1. The number of hydrogen-bond acceptors (Lipinski definition) is 7. The number of imidazole rings is 1. The zero-order valence-corrected chi connectivity index (χ0v) is 18.8. The number of Topliss-reactive ketones (excluding diaryl/α,β-unsaturated/α-hetero) is 1. The molecule has 2 heterocycles. The lowest BCUT2D eigenvalue weighted by molar-refractivity contribution is -0.274. The lowest BCUT2D eigenvalue weighted by Crippen LogP contribution is -2.16. The number of fused-ring (bicyclic) bond motifs is 2. The van der Waals surface area contributed by atoms with E-state index in [0.29, 0.717) is 57.3 Å². The first-order valence-electron chi connectivity index (χ1n) is 10.3. The summed E-state index contributed by atoms with van der Waals surface area (Å²) in [4.78, 5) is 21.3. The second-order valence-corrected chi connectivity index (χ2v) is 8.35. The Labute approximate surface area is 195 Å². The van der Waals surface area contributed by atoms with Crippen molar-refractivity contribution in [1.82, 2.24) is 14.5 Å². The molecule has 0 aliphatic rings. The van der Waals surface area contributed by atoms with Crippen molar-refractivity contribution in [3.05, 3.63) is 42.0 Å². The molecule has 0 spiro atoms. The maximum absolute atomic E-state index is 13.3. The molecule has 0 atom stereocenters. The number of ether oxygens (including phenoxy) is 2. The minimum atomic E-state index is -4.79. The van der Waals surface area contributed by atoms with Gasteiger partial charge in [-0.15, -0.1) is 13.2 Å². The Bertz CT molecular complexity index is 1320. The number of rotatable bonds is 10. The third-order valence-electron chi connectivity index (χ3n) is 4.94. The summed E-state index contributed by atoms with van der Waals surface area (Å²) in [5, 5.41) is 3.39. The van der Waals surface area contributed by atoms with Crippen LogP contribution in [0.1, 0.15) is 23.2 Å². The summed E-state index contributed by atoms with van der Waals surface area (Å²) in [5.74, 6) is -0.0819. The quantitative estimate of drug-likeness (QED) is 0.168. The fourth-order valence-electron chi connectivity index (χ4n) is 3.48. The smallest absolute Gasteiger partial charge is 0.406 e. The van der Waals surface area contributed by atoms with Crippen molar-refractivity contribution in [2.45, 2.75) is 25.7 Å². The van der Waals surface area contributed by atoms with Crippen LogP contribution in [0.4, 0.5) is 28.6 Å². The summed E-state index contributed by atoms with van der Waals surface area (Å²) in [6.07, 6.45) is -3.86. The summed E-state index contributed by atoms with van der Waals surface area (Å²) >= 11 is 1.11. The SMILES string of the molecule is COCCCC(=O)c1ccc2c(c1)nc(Nc1nc3ccc(OC(F)(F)F)cc3s1)n2CCF. The predicted molar refractivity (Wildman–Crippen MR) is 121 cm³/mol. The van der Waals surface area contributed by atoms with Gasteiger partial charge in [0.25, 0.3) is 0 Å². The zero-order valence-electron chi connectivity index (χ0n) is 18.0. The van der Waals surface area contributed by atoms with E-state index in [9.17, 15) is 22.4 Å². The number of aryl methyl sites for hydroxylation is 1. The van der Waals surface area contributed by atoms with Crippen LogP contribution in [0.25, 0.3) is 21.3 Å². The molecule has 1 N–H and O–H groups in total. The molecule has 2 aromatic carbocycles. The molecule has 2 aromatic heterocycles. The summed E-state index contributed by atoms with van der Waals surface area (Å²) in [6.45, 7) is -0.135. The van der Waals surface area contributed by atoms with Crippen LogP contribution in [-0.2, 0) is 11.3 Å². The molecule has 0 amide bonds. The molecule has 0 unspecified atom stereocenters. The Morgan fingerprint density at radius 3 is 2.71 bits per heavy atom. The van der Waals surface area contributed by atoms with Crippen molar-refractivity contribution in [1.29, 1.82) is 0 Å². The van der Waals surface area contributed by atoms with Crippen LogP contribution in [0.3, 0.4) is 0 Å². The molecule has 0 bridgehead atoms. The van der Waals surface area contributed by atoms with Crippen LogP contribution in [-0.4, -0.2) is 47.1 Å². The number of carbonyl (C=O) groups excluding carboxylic acids is 1. The number of methoxy groups -OCH3 is 1. The predicted octanol–water partition coefficient (Wildman–Crippen LogP) is 5.87. The largest absolute Gasteiger partial charge is 0.573 e. The average Bonchev–Trinajstić information content (AvgIpc) is 3.33. The highest BCUT2D eigenvalue weighted by Gasteiger charge is 2.31. The topological polar surface area (TPSA) is 78.3 Å². The van der Waals surface area contributed by atoms with Crippen LogP contribution in [0.2, 0.25) is 0 Å². The average molecular weight is 496 g/mol. The molecule has 34 heavy (non-hydrogen) atoms. The number of benzene rings is 2. The van der Waals surface area contributed by atoms with Crippen LogP contribution in [0.5, 0.6) is 5.75 Å². The van der Waals surface area contributed by atoms with Gasteiger partial charge in [0.1, 0.15) is 12.4 Å². The minimum Gasteiger partial charge on any atom is -0.406 e. The number of halogens is 4. The van der Waals surface area contributed by atoms with Crippen LogP contribution >= 0.6 is 11.3 Å². The number of hydrogen-bond donors (Lipinski definition) is 1. The molecule has 0 aliphatic heterocycles. The standard InChI is InChI=1S/C22H20F4N4O3S/c1-32-10-2-3-18(31)13-4-7-17-16(11-13)27-20(30(17)9-8-23)29-21-28-15-6-5-14(12-19(15)34-21)33-22(24,25)26/h4-7,11-12H,2-3,8-10H2,1H3,(H,27,28,29). The van der Waals surface area contributed by atoms with E-state index in [0.717, 1.165) is 11.3 Å². The Morgan fingerprint density at radius 1 is 1.15 bits per heavy atom. The lowest BCUT2D eigenvalue weighted by Gasteiger charge is -2.07. The Hall–Kier alpha value is -3.25. The van der Waals surface area contributed by atoms with Crippen molar-refractivity contribution < 1.29 is 31.8 Å². The zero-order chi connectivity index (χ0) is 24.3. The van der Waals surface area contributed by atoms with E-state index >= 15 is 0 Å². The summed E-state index contributed by atoms with van der Waals surface area (Å²) in [7, 11) is 1.57. The van der Waals surface area contributed by atoms with E-state index < -0.39 is 13.0 Å². The highest BCUT2D eigenvalue weighted by atomic mass is 32.1. The second-order valence-electron chi connectivity index (χ2n) is 7.32. The van der Waals surface area contributed by atoms with Crippen molar-refractivity contribution in [3.8, 4) is 5.75 Å². The maximum Gasteiger partial charge on any atom is 0.573 e. The molecule has 12 heteroatoms. The number of nitrogens with zero attached hydrogens (tertiary/aromatic N) is 3. The van der Waals surface area contributed by atoms with E-state index in [-0.39, 0.29) is 18.1 Å². The second kappa shape index (κ2) is 9.94. The van der Waals surface area contributed by atoms with Gasteiger partial charge in [0.2, 0.25) is 5.95 Å². The summed E-state index contributed by atoms with van der Waals surface area (Å²) in [5.41, 5.74) is 2.11. The molecule has 4 aromatic rings. The molecule has 7 nitrogen and oxygen atoms in total. The van der Waals surface area contributed by atoms with Gasteiger partial charge >= 0.3 is 6.36 Å². The van der Waals surface area contributed by atoms with Gasteiger partial charge in [0.05, 0.1) is 27.8 Å². The first kappa shape index (κ1) is 23.9. The number of anilines is 2. The maximum atomic E-state index is 13.3.